The average Bonchev–Trinajstić information content (AvgIpc) is 3.31. The lowest BCUT2D eigenvalue weighted by Crippen LogP contribution is -2.50. The number of hydrogen-bond acceptors (Lipinski definition) is 6. The van der Waals surface area contributed by atoms with Gasteiger partial charge >= 0.3 is 0 Å². The lowest BCUT2D eigenvalue weighted by atomic mass is 10.0. The largest absolute Gasteiger partial charge is 0.473 e. The molecule has 0 saturated carbocycles. The Morgan fingerprint density at radius 3 is 2.24 bits per heavy atom. The maximum Gasteiger partial charge on any atom is 0.225 e. The highest BCUT2D eigenvalue weighted by Gasteiger charge is 2.30. The molecule has 3 heterocycles. The average molecular weight is 511 g/mol. The summed E-state index contributed by atoms with van der Waals surface area (Å²) in [5, 5.41) is 10.6. The van der Waals surface area contributed by atoms with E-state index in [0.717, 1.165) is 16.5 Å². The Kier molecular flexibility index (Phi) is 6.43. The van der Waals surface area contributed by atoms with Crippen molar-refractivity contribution in [1.29, 1.82) is 0 Å². The second-order valence-corrected chi connectivity index (χ2v) is 9.46. The summed E-state index contributed by atoms with van der Waals surface area (Å²) < 4.78 is 34.0. The number of pyridine rings is 1. The van der Waals surface area contributed by atoms with Crippen LogP contribution in [0, 0.1) is 12.7 Å². The van der Waals surface area contributed by atoms with E-state index in [1.165, 1.54) is 6.07 Å². The van der Waals surface area contributed by atoms with Crippen LogP contribution in [0.25, 0.3) is 22.1 Å². The fraction of sp³-hybridized carbons (Fsp3) is 0.194. The molecule has 6 nitrogen and oxygen atoms in total. The monoisotopic (exact) mass is 510 g/mol. The highest BCUT2D eigenvalue weighted by Crippen LogP contribution is 2.43. The van der Waals surface area contributed by atoms with Crippen LogP contribution in [0.2, 0.25) is 0 Å². The van der Waals surface area contributed by atoms with E-state index in [4.69, 9.17) is 13.9 Å². The highest BCUT2D eigenvalue weighted by atomic mass is 19.1. The second-order valence-electron chi connectivity index (χ2n) is 9.46. The first-order chi connectivity index (χ1) is 18.5. The summed E-state index contributed by atoms with van der Waals surface area (Å²) in [5.41, 5.74) is 3.84. The summed E-state index contributed by atoms with van der Waals surface area (Å²) in [4.78, 5) is 6.58. The van der Waals surface area contributed by atoms with Crippen LogP contribution in [0.15, 0.2) is 89.3 Å². The van der Waals surface area contributed by atoms with Crippen LogP contribution in [0.5, 0.6) is 11.8 Å². The molecule has 1 aliphatic rings. The Bertz CT molecular complexity index is 1560. The van der Waals surface area contributed by atoms with Crippen LogP contribution < -0.4 is 14.4 Å². The number of furan rings is 1. The van der Waals surface area contributed by atoms with Crippen LogP contribution in [0.3, 0.4) is 0 Å². The highest BCUT2D eigenvalue weighted by molar-refractivity contribution is 6.02. The number of ether oxygens (including phenoxy) is 2. The maximum atomic E-state index is 15.8. The quantitative estimate of drug-likeness (QED) is 0.265. The van der Waals surface area contributed by atoms with Crippen molar-refractivity contribution >= 4 is 16.7 Å². The molecule has 0 atom stereocenters. The normalized spacial score (nSPS) is 13.5. The van der Waals surface area contributed by atoms with Gasteiger partial charge in [0.25, 0.3) is 0 Å². The van der Waals surface area contributed by atoms with E-state index < -0.39 is 11.9 Å². The van der Waals surface area contributed by atoms with Crippen LogP contribution in [-0.4, -0.2) is 29.3 Å². The number of halogens is 1. The zero-order valence-electron chi connectivity index (χ0n) is 20.9. The zero-order valence-corrected chi connectivity index (χ0v) is 20.9. The number of hydrogen-bond donors (Lipinski definition) is 1. The Morgan fingerprint density at radius 1 is 0.921 bits per heavy atom. The van der Waals surface area contributed by atoms with Gasteiger partial charge in [0.1, 0.15) is 30.4 Å². The van der Waals surface area contributed by atoms with Gasteiger partial charge in [0.15, 0.2) is 0 Å². The third-order valence-corrected chi connectivity index (χ3v) is 6.62. The maximum absolute atomic E-state index is 15.8. The van der Waals surface area contributed by atoms with E-state index in [-0.39, 0.29) is 18.1 Å². The van der Waals surface area contributed by atoms with Crippen molar-refractivity contribution in [3.05, 3.63) is 108 Å². The first-order valence-electron chi connectivity index (χ1n) is 12.6. The van der Waals surface area contributed by atoms with Gasteiger partial charge in [-0.1, -0.05) is 60.7 Å². The molecule has 38 heavy (non-hydrogen) atoms. The lowest BCUT2D eigenvalue weighted by Gasteiger charge is -2.38. The number of aryl methyl sites for hydroxylation is 1. The van der Waals surface area contributed by atoms with Crippen molar-refractivity contribution in [2.75, 3.05) is 18.0 Å². The molecule has 0 spiro atoms. The number of rotatable bonds is 8. The standard InChI is InChI=1S/C31H27FN2O4/c1-20-14-25-27(34-16-23(35)17-34)15-26(32)29(30(25)38-20)24-12-13-28(36-18-21-8-4-2-5-9-21)33-31(24)37-19-22-10-6-3-7-11-22/h2-15,23,35H,16-19H2,1H3. The summed E-state index contributed by atoms with van der Waals surface area (Å²) in [7, 11) is 0. The Morgan fingerprint density at radius 2 is 1.58 bits per heavy atom. The Balaban J connectivity index is 1.40. The third kappa shape index (κ3) is 4.80. The van der Waals surface area contributed by atoms with Crippen LogP contribution in [0.4, 0.5) is 10.1 Å². The van der Waals surface area contributed by atoms with Crippen molar-refractivity contribution in [2.45, 2.75) is 26.2 Å². The topological polar surface area (TPSA) is 68.0 Å². The molecule has 1 N–H and O–H groups in total. The lowest BCUT2D eigenvalue weighted by molar-refractivity contribution is 0.142. The molecule has 0 bridgehead atoms. The minimum absolute atomic E-state index is 0.251. The third-order valence-electron chi connectivity index (χ3n) is 6.62. The van der Waals surface area contributed by atoms with Gasteiger partial charge in [0, 0.05) is 24.5 Å². The first kappa shape index (κ1) is 24.0. The molecule has 1 aliphatic heterocycles. The number of anilines is 1. The number of benzene rings is 3. The van der Waals surface area contributed by atoms with Gasteiger partial charge in [-0.05, 0) is 36.2 Å². The smallest absolute Gasteiger partial charge is 0.225 e. The first-order valence-corrected chi connectivity index (χ1v) is 12.6. The number of fused-ring (bicyclic) bond motifs is 1. The van der Waals surface area contributed by atoms with E-state index in [1.54, 1.807) is 12.1 Å². The van der Waals surface area contributed by atoms with Gasteiger partial charge in [-0.2, -0.15) is 4.98 Å². The van der Waals surface area contributed by atoms with Crippen molar-refractivity contribution in [3.63, 3.8) is 0 Å². The number of nitrogens with zero attached hydrogens (tertiary/aromatic N) is 2. The fourth-order valence-electron chi connectivity index (χ4n) is 4.69. The van der Waals surface area contributed by atoms with E-state index in [0.29, 0.717) is 48.2 Å². The summed E-state index contributed by atoms with van der Waals surface area (Å²) >= 11 is 0. The van der Waals surface area contributed by atoms with E-state index >= 15 is 4.39 Å². The summed E-state index contributed by atoms with van der Waals surface area (Å²) in [6, 6.07) is 26.4. The molecule has 6 rings (SSSR count). The van der Waals surface area contributed by atoms with Crippen molar-refractivity contribution < 1.29 is 23.4 Å². The van der Waals surface area contributed by atoms with Crippen molar-refractivity contribution in [3.8, 4) is 22.9 Å². The van der Waals surface area contributed by atoms with E-state index in [9.17, 15) is 5.11 Å². The number of aromatic nitrogens is 1. The predicted molar refractivity (Wildman–Crippen MR) is 144 cm³/mol. The molecule has 0 unspecified atom stereocenters. The van der Waals surface area contributed by atoms with Gasteiger partial charge in [-0.3, -0.25) is 0 Å². The zero-order chi connectivity index (χ0) is 26.1. The van der Waals surface area contributed by atoms with Gasteiger partial charge in [-0.25, -0.2) is 4.39 Å². The molecular weight excluding hydrogens is 483 g/mol. The Hall–Kier alpha value is -4.36. The van der Waals surface area contributed by atoms with Crippen LogP contribution >= 0.6 is 0 Å². The SMILES string of the molecule is Cc1cc2c(N3CC(O)C3)cc(F)c(-c3ccc(OCc4ccccc4)nc3OCc3ccccc3)c2o1. The van der Waals surface area contributed by atoms with Gasteiger partial charge in [0.05, 0.1) is 22.9 Å². The number of aliphatic hydroxyl groups is 1. The summed E-state index contributed by atoms with van der Waals surface area (Å²) in [5.74, 6) is 0.837. The molecule has 1 fully saturated rings. The molecule has 192 valence electrons. The minimum atomic E-state index is -0.451. The van der Waals surface area contributed by atoms with Gasteiger partial charge in [0.2, 0.25) is 11.8 Å². The van der Waals surface area contributed by atoms with E-state index in [1.807, 2.05) is 78.6 Å². The molecule has 1 saturated heterocycles. The molecule has 0 aliphatic carbocycles. The predicted octanol–water partition coefficient (Wildman–Crippen LogP) is 6.28. The fourth-order valence-corrected chi connectivity index (χ4v) is 4.69. The van der Waals surface area contributed by atoms with Crippen molar-refractivity contribution in [2.24, 2.45) is 0 Å². The van der Waals surface area contributed by atoms with Crippen LogP contribution in [-0.2, 0) is 13.2 Å². The molecule has 0 amide bonds. The summed E-state index contributed by atoms with van der Waals surface area (Å²) in [6.45, 7) is 3.35. The second kappa shape index (κ2) is 10.2. The summed E-state index contributed by atoms with van der Waals surface area (Å²) in [6.07, 6.45) is -0.411. The van der Waals surface area contributed by atoms with Crippen molar-refractivity contribution in [1.82, 2.24) is 4.98 Å². The molecule has 0 radical (unpaired) electrons. The van der Waals surface area contributed by atoms with E-state index in [2.05, 4.69) is 4.98 Å². The molecule has 7 heteroatoms. The molecular formula is C31H27FN2O4. The Labute approximate surface area is 219 Å². The molecule has 3 aromatic carbocycles. The number of β-amino-alcohol motifs (C(OH)–C–C–N with tert-alkyl or cyclic N) is 1. The van der Waals surface area contributed by atoms with Gasteiger partial charge in [-0.15, -0.1) is 0 Å². The van der Waals surface area contributed by atoms with Gasteiger partial charge < -0.3 is 23.9 Å². The number of aliphatic hydroxyl groups excluding tert-OH is 1. The molecule has 5 aromatic rings. The molecule has 2 aromatic heterocycles. The minimum Gasteiger partial charge on any atom is -0.473 e. The van der Waals surface area contributed by atoms with Crippen LogP contribution in [0.1, 0.15) is 16.9 Å².